The molecule has 1 aromatic carbocycles. The van der Waals surface area contributed by atoms with Gasteiger partial charge in [-0.15, -0.1) is 0 Å². The lowest BCUT2D eigenvalue weighted by Gasteiger charge is -2.26. The Morgan fingerprint density at radius 1 is 1.18 bits per heavy atom. The van der Waals surface area contributed by atoms with Crippen LogP contribution >= 0.6 is 11.8 Å². The highest BCUT2D eigenvalue weighted by Gasteiger charge is 2.28. The standard InChI is InChI=1S/C22H24N4O5S2/c1-15-5-6-17(13-20(15)33(28,29)26-8-10-30-11-9-26)24-21(27)19-4-3-7-23-22(19)32-14-18-12-16(2)31-25-18/h3-7,12-13H,8-11,14H2,1-2H3,(H,24,27). The third-order valence-corrected chi connectivity index (χ3v) is 8.16. The molecule has 0 saturated carbocycles. The maximum atomic E-state index is 13.1. The lowest BCUT2D eigenvalue weighted by Crippen LogP contribution is -2.40. The fraction of sp³-hybridized carbons (Fsp3) is 0.318. The summed E-state index contributed by atoms with van der Waals surface area (Å²) >= 11 is 1.37. The number of morpholine rings is 1. The first-order valence-electron chi connectivity index (χ1n) is 10.3. The van der Waals surface area contributed by atoms with Crippen LogP contribution in [0.2, 0.25) is 0 Å². The fourth-order valence-electron chi connectivity index (χ4n) is 3.39. The first kappa shape index (κ1) is 23.4. The van der Waals surface area contributed by atoms with Crippen molar-refractivity contribution in [1.29, 1.82) is 0 Å². The minimum absolute atomic E-state index is 0.171. The quantitative estimate of drug-likeness (QED) is 0.504. The Hall–Kier alpha value is -2.73. The molecule has 1 fully saturated rings. The molecule has 1 aliphatic heterocycles. The number of nitrogens with zero attached hydrogens (tertiary/aromatic N) is 3. The third kappa shape index (κ3) is 5.44. The van der Waals surface area contributed by atoms with E-state index in [1.807, 2.05) is 13.0 Å². The van der Waals surface area contributed by atoms with Crippen molar-refractivity contribution < 1.29 is 22.5 Å². The zero-order valence-corrected chi connectivity index (χ0v) is 19.9. The lowest BCUT2D eigenvalue weighted by atomic mass is 10.2. The molecule has 1 aliphatic rings. The summed E-state index contributed by atoms with van der Waals surface area (Å²) in [7, 11) is -3.69. The number of benzene rings is 1. The van der Waals surface area contributed by atoms with E-state index in [2.05, 4.69) is 15.5 Å². The Balaban J connectivity index is 1.53. The molecular formula is C22H24N4O5S2. The second-order valence-electron chi connectivity index (χ2n) is 7.52. The lowest BCUT2D eigenvalue weighted by molar-refractivity contribution is 0.0730. The van der Waals surface area contributed by atoms with Gasteiger partial charge in [0.05, 0.1) is 29.4 Å². The van der Waals surface area contributed by atoms with Crippen molar-refractivity contribution in [2.24, 2.45) is 0 Å². The number of nitrogens with one attached hydrogen (secondary N) is 1. The summed E-state index contributed by atoms with van der Waals surface area (Å²) in [6.07, 6.45) is 1.62. The van der Waals surface area contributed by atoms with Crippen molar-refractivity contribution in [1.82, 2.24) is 14.4 Å². The number of aryl methyl sites for hydroxylation is 2. The highest BCUT2D eigenvalue weighted by atomic mass is 32.2. The molecule has 1 saturated heterocycles. The summed E-state index contributed by atoms with van der Waals surface area (Å²) in [5, 5.41) is 7.31. The number of thioether (sulfide) groups is 1. The molecular weight excluding hydrogens is 464 g/mol. The van der Waals surface area contributed by atoms with Gasteiger partial charge in [-0.2, -0.15) is 4.31 Å². The van der Waals surface area contributed by atoms with Gasteiger partial charge in [0.15, 0.2) is 0 Å². The normalized spacial score (nSPS) is 14.8. The zero-order valence-electron chi connectivity index (χ0n) is 18.3. The Morgan fingerprint density at radius 3 is 2.70 bits per heavy atom. The second kappa shape index (κ2) is 10.0. The molecule has 0 radical (unpaired) electrons. The number of hydrogen-bond acceptors (Lipinski definition) is 8. The molecule has 1 N–H and O–H groups in total. The first-order chi connectivity index (χ1) is 15.8. The number of sulfonamides is 1. The van der Waals surface area contributed by atoms with Crippen LogP contribution in [0.1, 0.15) is 27.4 Å². The van der Waals surface area contributed by atoms with Crippen molar-refractivity contribution in [3.63, 3.8) is 0 Å². The first-order valence-corrected chi connectivity index (χ1v) is 12.8. The van der Waals surface area contributed by atoms with E-state index in [1.165, 1.54) is 22.1 Å². The van der Waals surface area contributed by atoms with Crippen LogP contribution in [0.3, 0.4) is 0 Å². The number of carbonyl (C=O) groups is 1. The number of pyridine rings is 1. The number of rotatable bonds is 7. The van der Waals surface area contributed by atoms with E-state index >= 15 is 0 Å². The number of hydrogen-bond donors (Lipinski definition) is 1. The molecule has 2 aromatic heterocycles. The van der Waals surface area contributed by atoms with Gasteiger partial charge in [-0.25, -0.2) is 13.4 Å². The summed E-state index contributed by atoms with van der Waals surface area (Å²) in [6.45, 7) is 4.89. The molecule has 0 spiro atoms. The summed E-state index contributed by atoms with van der Waals surface area (Å²) in [5.74, 6) is 0.841. The van der Waals surface area contributed by atoms with Gasteiger partial charge in [0.25, 0.3) is 5.91 Å². The van der Waals surface area contributed by atoms with Crippen molar-refractivity contribution in [3.8, 4) is 0 Å². The van der Waals surface area contributed by atoms with Crippen molar-refractivity contribution in [2.45, 2.75) is 29.5 Å². The molecule has 3 heterocycles. The summed E-state index contributed by atoms with van der Waals surface area (Å²) in [4.78, 5) is 17.5. The maximum Gasteiger partial charge on any atom is 0.258 e. The van der Waals surface area contributed by atoms with Crippen molar-refractivity contribution in [3.05, 3.63) is 65.2 Å². The molecule has 0 atom stereocenters. The van der Waals surface area contributed by atoms with E-state index in [4.69, 9.17) is 9.26 Å². The highest BCUT2D eigenvalue weighted by molar-refractivity contribution is 7.98. The van der Waals surface area contributed by atoms with E-state index in [9.17, 15) is 13.2 Å². The Labute approximate surface area is 196 Å². The van der Waals surface area contributed by atoms with Gasteiger partial charge < -0.3 is 14.6 Å². The SMILES string of the molecule is Cc1cc(CSc2ncccc2C(=O)Nc2ccc(C)c(S(=O)(=O)N3CCOCC3)c2)no1. The third-order valence-electron chi connectivity index (χ3n) is 5.08. The average molecular weight is 489 g/mol. The van der Waals surface area contributed by atoms with Crippen LogP contribution in [-0.4, -0.2) is 55.1 Å². The molecule has 9 nitrogen and oxygen atoms in total. The summed E-state index contributed by atoms with van der Waals surface area (Å²) in [6, 6.07) is 10.1. The largest absolute Gasteiger partial charge is 0.379 e. The van der Waals surface area contributed by atoms with Gasteiger partial charge in [-0.05, 0) is 43.7 Å². The van der Waals surface area contributed by atoms with E-state index in [0.29, 0.717) is 59.7 Å². The molecule has 174 valence electrons. The van der Waals surface area contributed by atoms with Crippen LogP contribution in [0, 0.1) is 13.8 Å². The van der Waals surface area contributed by atoms with E-state index < -0.39 is 10.0 Å². The summed E-state index contributed by atoms with van der Waals surface area (Å²) < 4.78 is 38.0. The Morgan fingerprint density at radius 2 is 1.97 bits per heavy atom. The smallest absolute Gasteiger partial charge is 0.258 e. The fourth-order valence-corrected chi connectivity index (χ4v) is 5.92. The molecule has 11 heteroatoms. The van der Waals surface area contributed by atoms with Crippen molar-refractivity contribution in [2.75, 3.05) is 31.6 Å². The Kier molecular flexibility index (Phi) is 7.13. The predicted molar refractivity (Wildman–Crippen MR) is 124 cm³/mol. The highest BCUT2D eigenvalue weighted by Crippen LogP contribution is 2.27. The van der Waals surface area contributed by atoms with Crippen molar-refractivity contribution >= 4 is 33.4 Å². The number of anilines is 1. The van der Waals surface area contributed by atoms with Gasteiger partial charge in [0.2, 0.25) is 10.0 Å². The second-order valence-corrected chi connectivity index (χ2v) is 10.4. The van der Waals surface area contributed by atoms with Gasteiger partial charge in [-0.1, -0.05) is 23.0 Å². The maximum absolute atomic E-state index is 13.1. The number of carbonyl (C=O) groups excluding carboxylic acids is 1. The molecule has 33 heavy (non-hydrogen) atoms. The number of ether oxygens (including phenoxy) is 1. The monoisotopic (exact) mass is 488 g/mol. The van der Waals surface area contributed by atoms with Crippen LogP contribution in [0.15, 0.2) is 57.0 Å². The minimum atomic E-state index is -3.69. The van der Waals surface area contributed by atoms with Crippen LogP contribution in [0.4, 0.5) is 5.69 Å². The number of amides is 1. The molecule has 3 aromatic rings. The summed E-state index contributed by atoms with van der Waals surface area (Å²) in [5.41, 5.74) is 2.15. The van der Waals surface area contributed by atoms with Gasteiger partial charge in [-0.3, -0.25) is 4.79 Å². The van der Waals surface area contributed by atoms with Crippen LogP contribution in [-0.2, 0) is 20.5 Å². The molecule has 1 amide bonds. The van der Waals surface area contributed by atoms with E-state index in [0.717, 1.165) is 5.69 Å². The van der Waals surface area contributed by atoms with Gasteiger partial charge >= 0.3 is 0 Å². The zero-order chi connectivity index (χ0) is 23.4. The minimum Gasteiger partial charge on any atom is -0.379 e. The van der Waals surface area contributed by atoms with E-state index in [1.54, 1.807) is 37.4 Å². The van der Waals surface area contributed by atoms with Gasteiger partial charge in [0, 0.05) is 36.8 Å². The number of aromatic nitrogens is 2. The van der Waals surface area contributed by atoms with Crippen LogP contribution in [0.25, 0.3) is 0 Å². The molecule has 0 unspecified atom stereocenters. The van der Waals surface area contributed by atoms with Crippen LogP contribution in [0.5, 0.6) is 0 Å². The average Bonchev–Trinajstić information content (AvgIpc) is 3.24. The topological polar surface area (TPSA) is 115 Å². The predicted octanol–water partition coefficient (Wildman–Crippen LogP) is 3.25. The Bertz CT molecular complexity index is 1250. The van der Waals surface area contributed by atoms with E-state index in [-0.39, 0.29) is 10.8 Å². The van der Waals surface area contributed by atoms with Gasteiger partial charge in [0.1, 0.15) is 10.8 Å². The van der Waals surface area contributed by atoms with Crippen LogP contribution < -0.4 is 5.32 Å². The molecule has 0 aliphatic carbocycles. The molecule has 0 bridgehead atoms. The molecule has 4 rings (SSSR count).